The molecule has 1 rings (SSSR count). The zero-order valence-electron chi connectivity index (χ0n) is 8.88. The van der Waals surface area contributed by atoms with Gasteiger partial charge in [-0.1, -0.05) is 20.3 Å². The van der Waals surface area contributed by atoms with Crippen molar-refractivity contribution in [3.8, 4) is 0 Å². The molecule has 13 heavy (non-hydrogen) atoms. The summed E-state index contributed by atoms with van der Waals surface area (Å²) >= 11 is 0. The molecule has 0 radical (unpaired) electrons. The number of ether oxygens (including phenoxy) is 1. The monoisotopic (exact) mass is 184 g/mol. The maximum atomic E-state index is 11.1. The molecular formula is C11H20O2. The van der Waals surface area contributed by atoms with Crippen LogP contribution in [0.15, 0.2) is 0 Å². The van der Waals surface area contributed by atoms with Crippen LogP contribution in [0.3, 0.4) is 0 Å². The highest BCUT2D eigenvalue weighted by molar-refractivity contribution is 5.63. The minimum absolute atomic E-state index is 0.376. The minimum atomic E-state index is -0.480. The van der Waals surface area contributed by atoms with Gasteiger partial charge in [0.25, 0.3) is 0 Å². The fourth-order valence-corrected chi connectivity index (χ4v) is 2.29. The average molecular weight is 184 g/mol. The molecule has 0 saturated heterocycles. The Morgan fingerprint density at radius 3 is 2.69 bits per heavy atom. The number of carbonyl (C=O) groups is 1. The average Bonchev–Trinajstić information content (AvgIpc) is 2.12. The summed E-state index contributed by atoms with van der Waals surface area (Å²) < 4.78 is 5.63. The largest absolute Gasteiger partial charge is 0.368 e. The van der Waals surface area contributed by atoms with E-state index in [2.05, 4.69) is 13.8 Å². The van der Waals surface area contributed by atoms with Gasteiger partial charge in [-0.15, -0.1) is 0 Å². The Morgan fingerprint density at radius 1 is 1.46 bits per heavy atom. The standard InChI is InChI=1S/C11H20O2/c1-4-13-11(8-12)7-9(2)5-6-10(11)3/h8-10H,4-7H2,1-3H3. The molecule has 3 atom stereocenters. The molecule has 1 aliphatic rings. The lowest BCUT2D eigenvalue weighted by atomic mass is 9.72. The predicted molar refractivity (Wildman–Crippen MR) is 52.6 cm³/mol. The zero-order chi connectivity index (χ0) is 9.90. The number of aldehydes is 1. The van der Waals surface area contributed by atoms with E-state index in [-0.39, 0.29) is 0 Å². The summed E-state index contributed by atoms with van der Waals surface area (Å²) in [7, 11) is 0. The minimum Gasteiger partial charge on any atom is -0.368 e. The van der Waals surface area contributed by atoms with Crippen molar-refractivity contribution in [2.24, 2.45) is 11.8 Å². The predicted octanol–water partition coefficient (Wildman–Crippen LogP) is 2.42. The molecule has 0 aliphatic heterocycles. The van der Waals surface area contributed by atoms with Gasteiger partial charge in [0.05, 0.1) is 0 Å². The van der Waals surface area contributed by atoms with E-state index in [0.717, 1.165) is 19.1 Å². The van der Waals surface area contributed by atoms with Crippen molar-refractivity contribution >= 4 is 6.29 Å². The Balaban J connectivity index is 2.73. The molecule has 1 fully saturated rings. The summed E-state index contributed by atoms with van der Waals surface area (Å²) in [4.78, 5) is 11.1. The second kappa shape index (κ2) is 4.23. The van der Waals surface area contributed by atoms with Gasteiger partial charge in [0.2, 0.25) is 0 Å². The second-order valence-corrected chi connectivity index (χ2v) is 4.29. The van der Waals surface area contributed by atoms with Crippen LogP contribution in [0.1, 0.15) is 40.0 Å². The van der Waals surface area contributed by atoms with E-state index in [0.29, 0.717) is 18.4 Å². The zero-order valence-corrected chi connectivity index (χ0v) is 8.88. The Kier molecular flexibility index (Phi) is 3.48. The van der Waals surface area contributed by atoms with Crippen molar-refractivity contribution in [3.05, 3.63) is 0 Å². The van der Waals surface area contributed by atoms with Gasteiger partial charge in [-0.05, 0) is 31.6 Å². The normalized spacial score (nSPS) is 40.2. The van der Waals surface area contributed by atoms with Crippen LogP contribution in [0.5, 0.6) is 0 Å². The molecule has 0 bridgehead atoms. The lowest BCUT2D eigenvalue weighted by Gasteiger charge is -2.40. The third kappa shape index (κ3) is 2.11. The summed E-state index contributed by atoms with van der Waals surface area (Å²) in [6, 6.07) is 0. The second-order valence-electron chi connectivity index (χ2n) is 4.29. The van der Waals surface area contributed by atoms with Gasteiger partial charge in [0.1, 0.15) is 5.60 Å². The molecule has 0 amide bonds. The number of carbonyl (C=O) groups excluding carboxylic acids is 1. The van der Waals surface area contributed by atoms with Crippen molar-refractivity contribution < 1.29 is 9.53 Å². The molecule has 1 aliphatic carbocycles. The molecule has 2 nitrogen and oxygen atoms in total. The van der Waals surface area contributed by atoms with Crippen molar-refractivity contribution in [3.63, 3.8) is 0 Å². The van der Waals surface area contributed by atoms with Gasteiger partial charge < -0.3 is 9.53 Å². The lowest BCUT2D eigenvalue weighted by molar-refractivity contribution is -0.146. The molecule has 0 heterocycles. The third-order valence-electron chi connectivity index (χ3n) is 3.21. The van der Waals surface area contributed by atoms with Crippen LogP contribution in [-0.2, 0) is 9.53 Å². The van der Waals surface area contributed by atoms with Crippen LogP contribution < -0.4 is 0 Å². The Labute approximate surface area is 80.7 Å². The SMILES string of the molecule is CCOC1(C=O)CC(C)CCC1C. The van der Waals surface area contributed by atoms with Crippen molar-refractivity contribution in [1.29, 1.82) is 0 Å². The van der Waals surface area contributed by atoms with Crippen molar-refractivity contribution in [2.45, 2.75) is 45.6 Å². The van der Waals surface area contributed by atoms with Gasteiger partial charge in [-0.3, -0.25) is 0 Å². The van der Waals surface area contributed by atoms with Crippen LogP contribution in [-0.4, -0.2) is 18.5 Å². The highest BCUT2D eigenvalue weighted by atomic mass is 16.5. The molecule has 0 aromatic heterocycles. The first-order chi connectivity index (χ1) is 6.14. The Bertz CT molecular complexity index is 179. The lowest BCUT2D eigenvalue weighted by Crippen LogP contribution is -2.45. The summed E-state index contributed by atoms with van der Waals surface area (Å²) in [6.45, 7) is 6.91. The fourth-order valence-electron chi connectivity index (χ4n) is 2.29. The van der Waals surface area contributed by atoms with E-state index < -0.39 is 5.60 Å². The van der Waals surface area contributed by atoms with E-state index >= 15 is 0 Å². The number of hydrogen-bond donors (Lipinski definition) is 0. The number of rotatable bonds is 3. The number of hydrogen-bond acceptors (Lipinski definition) is 2. The molecule has 0 N–H and O–H groups in total. The highest BCUT2D eigenvalue weighted by Gasteiger charge is 2.41. The Morgan fingerprint density at radius 2 is 2.15 bits per heavy atom. The van der Waals surface area contributed by atoms with Crippen LogP contribution in [0, 0.1) is 11.8 Å². The Hall–Kier alpha value is -0.370. The molecule has 1 saturated carbocycles. The quantitative estimate of drug-likeness (QED) is 0.630. The van der Waals surface area contributed by atoms with E-state index in [9.17, 15) is 4.79 Å². The van der Waals surface area contributed by atoms with Gasteiger partial charge in [-0.2, -0.15) is 0 Å². The summed E-state index contributed by atoms with van der Waals surface area (Å²) in [5.41, 5.74) is -0.480. The van der Waals surface area contributed by atoms with Crippen molar-refractivity contribution in [1.82, 2.24) is 0 Å². The van der Waals surface area contributed by atoms with Crippen LogP contribution in [0.4, 0.5) is 0 Å². The van der Waals surface area contributed by atoms with E-state index in [1.165, 1.54) is 6.42 Å². The third-order valence-corrected chi connectivity index (χ3v) is 3.21. The topological polar surface area (TPSA) is 26.3 Å². The first kappa shape index (κ1) is 10.7. The van der Waals surface area contributed by atoms with Crippen LogP contribution in [0.25, 0.3) is 0 Å². The molecule has 0 aromatic carbocycles. The molecule has 2 heteroatoms. The smallest absolute Gasteiger partial charge is 0.152 e. The van der Waals surface area contributed by atoms with Gasteiger partial charge >= 0.3 is 0 Å². The fraction of sp³-hybridized carbons (Fsp3) is 0.909. The first-order valence-electron chi connectivity index (χ1n) is 5.25. The van der Waals surface area contributed by atoms with E-state index in [1.54, 1.807) is 0 Å². The van der Waals surface area contributed by atoms with Crippen LogP contribution in [0.2, 0.25) is 0 Å². The summed E-state index contributed by atoms with van der Waals surface area (Å²) in [5.74, 6) is 0.995. The summed E-state index contributed by atoms with van der Waals surface area (Å²) in [6.07, 6.45) is 4.26. The molecule has 3 unspecified atom stereocenters. The molecular weight excluding hydrogens is 164 g/mol. The van der Waals surface area contributed by atoms with Gasteiger partial charge in [0.15, 0.2) is 6.29 Å². The maximum absolute atomic E-state index is 11.1. The first-order valence-corrected chi connectivity index (χ1v) is 5.25. The van der Waals surface area contributed by atoms with Crippen molar-refractivity contribution in [2.75, 3.05) is 6.61 Å². The van der Waals surface area contributed by atoms with Crippen LogP contribution >= 0.6 is 0 Å². The molecule has 76 valence electrons. The molecule has 0 spiro atoms. The van der Waals surface area contributed by atoms with E-state index in [1.807, 2.05) is 6.92 Å². The maximum Gasteiger partial charge on any atom is 0.152 e. The summed E-state index contributed by atoms with van der Waals surface area (Å²) in [5, 5.41) is 0. The highest BCUT2D eigenvalue weighted by Crippen LogP contribution is 2.38. The van der Waals surface area contributed by atoms with Gasteiger partial charge in [-0.25, -0.2) is 0 Å². The van der Waals surface area contributed by atoms with Gasteiger partial charge in [0, 0.05) is 6.61 Å². The molecule has 0 aromatic rings. The van der Waals surface area contributed by atoms with E-state index in [4.69, 9.17) is 4.74 Å².